The average Bonchev–Trinajstić information content (AvgIpc) is 2.61. The van der Waals surface area contributed by atoms with E-state index in [9.17, 15) is 10.4 Å². The van der Waals surface area contributed by atoms with E-state index in [2.05, 4.69) is 13.0 Å². The van der Waals surface area contributed by atoms with E-state index in [-0.39, 0.29) is 5.75 Å². The minimum absolute atomic E-state index is 0.0883. The predicted molar refractivity (Wildman–Crippen MR) is 95.2 cm³/mol. The number of fused-ring (bicyclic) bond motifs is 1. The average molecular weight is 336 g/mol. The third-order valence-electron chi connectivity index (χ3n) is 4.07. The molecular weight excluding hydrogens is 316 g/mol. The van der Waals surface area contributed by atoms with Gasteiger partial charge in [0.25, 0.3) is 0 Å². The maximum Gasteiger partial charge on any atom is 0.184 e. The van der Waals surface area contributed by atoms with Gasteiger partial charge >= 0.3 is 0 Å². The minimum Gasteiger partial charge on any atom is -0.508 e. The van der Waals surface area contributed by atoms with Crippen LogP contribution in [0.2, 0.25) is 0 Å². The highest BCUT2D eigenvalue weighted by Crippen LogP contribution is 2.40. The van der Waals surface area contributed by atoms with Crippen LogP contribution < -0.4 is 15.2 Å². The largest absolute Gasteiger partial charge is 0.508 e. The van der Waals surface area contributed by atoms with Crippen molar-refractivity contribution in [3.05, 3.63) is 59.2 Å². The molecule has 0 bridgehead atoms. The zero-order valence-corrected chi connectivity index (χ0v) is 14.0. The van der Waals surface area contributed by atoms with Crippen molar-refractivity contribution in [1.82, 2.24) is 0 Å². The lowest BCUT2D eigenvalue weighted by Crippen LogP contribution is -2.32. The van der Waals surface area contributed by atoms with Gasteiger partial charge in [0.1, 0.15) is 23.3 Å². The molecule has 25 heavy (non-hydrogen) atoms. The Hall–Kier alpha value is -2.97. The van der Waals surface area contributed by atoms with Crippen LogP contribution in [-0.4, -0.2) is 17.9 Å². The van der Waals surface area contributed by atoms with Crippen LogP contribution in [0.25, 0.3) is 5.57 Å². The number of hydrogen-bond donors (Lipinski definition) is 2. The molecule has 0 radical (unpaired) electrons. The lowest BCUT2D eigenvalue weighted by atomic mass is 9.90. The maximum atomic E-state index is 9.68. The number of hydrogen-bond acceptors (Lipinski definition) is 5. The SMILES string of the molecule is CCCCOc1ccc(C2=C(C#N)[C@@H](N)Oc3cc(O)ccc32)cc1. The highest BCUT2D eigenvalue weighted by molar-refractivity contribution is 5.88. The Labute approximate surface area is 146 Å². The van der Waals surface area contributed by atoms with Gasteiger partial charge in [-0.2, -0.15) is 5.26 Å². The number of phenolic OH excluding ortho intramolecular Hbond substituents is 1. The fourth-order valence-corrected chi connectivity index (χ4v) is 2.78. The molecule has 0 saturated heterocycles. The molecular formula is C20H20N2O3. The molecule has 0 fully saturated rings. The first-order valence-corrected chi connectivity index (χ1v) is 8.27. The highest BCUT2D eigenvalue weighted by atomic mass is 16.5. The first-order chi connectivity index (χ1) is 12.1. The molecule has 5 nitrogen and oxygen atoms in total. The summed E-state index contributed by atoms with van der Waals surface area (Å²) in [6.45, 7) is 2.80. The van der Waals surface area contributed by atoms with Crippen LogP contribution in [0.15, 0.2) is 48.0 Å². The Bertz CT molecular complexity index is 835. The number of aromatic hydroxyl groups is 1. The van der Waals surface area contributed by atoms with Gasteiger partial charge in [-0.15, -0.1) is 0 Å². The molecule has 0 spiro atoms. The normalized spacial score (nSPS) is 16.0. The first kappa shape index (κ1) is 16.9. The quantitative estimate of drug-likeness (QED) is 0.815. The molecule has 128 valence electrons. The van der Waals surface area contributed by atoms with Gasteiger partial charge in [-0.1, -0.05) is 25.5 Å². The lowest BCUT2D eigenvalue weighted by Gasteiger charge is -2.26. The summed E-state index contributed by atoms with van der Waals surface area (Å²) in [5, 5.41) is 19.2. The van der Waals surface area contributed by atoms with E-state index in [1.165, 1.54) is 6.07 Å². The van der Waals surface area contributed by atoms with Gasteiger partial charge in [-0.25, -0.2) is 0 Å². The van der Waals surface area contributed by atoms with Gasteiger partial charge in [-0.05, 0) is 36.2 Å². The van der Waals surface area contributed by atoms with Crippen molar-refractivity contribution in [2.24, 2.45) is 5.73 Å². The van der Waals surface area contributed by atoms with Crippen LogP contribution in [0, 0.1) is 11.3 Å². The first-order valence-electron chi connectivity index (χ1n) is 8.27. The molecule has 5 heteroatoms. The molecule has 3 rings (SSSR count). The smallest absolute Gasteiger partial charge is 0.184 e. The monoisotopic (exact) mass is 336 g/mol. The van der Waals surface area contributed by atoms with Gasteiger partial charge in [0.15, 0.2) is 6.23 Å². The van der Waals surface area contributed by atoms with E-state index in [1.807, 2.05) is 24.3 Å². The second-order valence-corrected chi connectivity index (χ2v) is 5.85. The number of rotatable bonds is 5. The van der Waals surface area contributed by atoms with Crippen molar-refractivity contribution < 1.29 is 14.6 Å². The van der Waals surface area contributed by atoms with Crippen LogP contribution in [0.1, 0.15) is 30.9 Å². The summed E-state index contributed by atoms with van der Waals surface area (Å²) in [5.74, 6) is 1.34. The molecule has 1 atom stereocenters. The number of benzene rings is 2. The molecule has 2 aromatic carbocycles. The van der Waals surface area contributed by atoms with E-state index in [1.54, 1.807) is 12.1 Å². The minimum atomic E-state index is -0.866. The van der Waals surface area contributed by atoms with E-state index in [4.69, 9.17) is 15.2 Å². The van der Waals surface area contributed by atoms with E-state index >= 15 is 0 Å². The molecule has 2 aromatic rings. The summed E-state index contributed by atoms with van der Waals surface area (Å²) in [4.78, 5) is 0. The van der Waals surface area contributed by atoms with Crippen molar-refractivity contribution in [3.8, 4) is 23.3 Å². The van der Waals surface area contributed by atoms with Crippen LogP contribution in [-0.2, 0) is 0 Å². The number of ether oxygens (including phenoxy) is 2. The van der Waals surface area contributed by atoms with Crippen molar-refractivity contribution in [2.75, 3.05) is 6.61 Å². The Kier molecular flexibility index (Phi) is 4.92. The predicted octanol–water partition coefficient (Wildman–Crippen LogP) is 3.57. The van der Waals surface area contributed by atoms with E-state index in [0.717, 1.165) is 35.3 Å². The Morgan fingerprint density at radius 2 is 2.00 bits per heavy atom. The van der Waals surface area contributed by atoms with Gasteiger partial charge in [0.2, 0.25) is 0 Å². The van der Waals surface area contributed by atoms with Crippen LogP contribution >= 0.6 is 0 Å². The van der Waals surface area contributed by atoms with E-state index in [0.29, 0.717) is 17.9 Å². The zero-order chi connectivity index (χ0) is 17.8. The van der Waals surface area contributed by atoms with Crippen molar-refractivity contribution in [2.45, 2.75) is 26.0 Å². The summed E-state index contributed by atoms with van der Waals surface area (Å²) in [5.41, 5.74) is 8.65. The van der Waals surface area contributed by atoms with Crippen LogP contribution in [0.4, 0.5) is 0 Å². The summed E-state index contributed by atoms with van der Waals surface area (Å²) in [7, 11) is 0. The van der Waals surface area contributed by atoms with Crippen molar-refractivity contribution in [3.63, 3.8) is 0 Å². The number of unbranched alkanes of at least 4 members (excludes halogenated alkanes) is 1. The third-order valence-corrected chi connectivity index (χ3v) is 4.07. The topological polar surface area (TPSA) is 88.5 Å². The molecule has 1 aliphatic heterocycles. The zero-order valence-electron chi connectivity index (χ0n) is 14.0. The van der Waals surface area contributed by atoms with Gasteiger partial charge in [0.05, 0.1) is 12.2 Å². The molecule has 3 N–H and O–H groups in total. The van der Waals surface area contributed by atoms with Crippen LogP contribution in [0.5, 0.6) is 17.2 Å². The molecule has 1 aliphatic rings. The van der Waals surface area contributed by atoms with Gasteiger partial charge in [-0.3, -0.25) is 5.73 Å². The van der Waals surface area contributed by atoms with E-state index < -0.39 is 6.23 Å². The molecule has 0 amide bonds. The summed E-state index contributed by atoms with van der Waals surface area (Å²) in [6.07, 6.45) is 1.22. The fourth-order valence-electron chi connectivity index (χ4n) is 2.78. The third kappa shape index (κ3) is 3.44. The number of nitrogens with two attached hydrogens (primary N) is 1. The summed E-state index contributed by atoms with van der Waals surface area (Å²) >= 11 is 0. The molecule has 0 aromatic heterocycles. The Morgan fingerprint density at radius 1 is 1.24 bits per heavy atom. The number of phenols is 1. The second kappa shape index (κ2) is 7.29. The maximum absolute atomic E-state index is 9.68. The molecule has 0 saturated carbocycles. The van der Waals surface area contributed by atoms with Gasteiger partial charge in [0, 0.05) is 17.2 Å². The summed E-state index contributed by atoms with van der Waals surface area (Å²) in [6, 6.07) is 14.5. The molecule has 1 heterocycles. The highest BCUT2D eigenvalue weighted by Gasteiger charge is 2.27. The second-order valence-electron chi connectivity index (χ2n) is 5.85. The van der Waals surface area contributed by atoms with Crippen molar-refractivity contribution >= 4 is 5.57 Å². The Balaban J connectivity index is 2.00. The summed E-state index contributed by atoms with van der Waals surface area (Å²) < 4.78 is 11.3. The molecule has 0 unspecified atom stereocenters. The fraction of sp³-hybridized carbons (Fsp3) is 0.250. The number of nitrogens with zero attached hydrogens (tertiary/aromatic N) is 1. The Morgan fingerprint density at radius 3 is 2.68 bits per heavy atom. The standard InChI is InChI=1S/C20H20N2O3/c1-2-3-10-24-15-7-4-13(5-8-15)19-16-9-6-14(23)11-18(16)25-20(22)17(19)12-21/h4-9,11,20,23H,2-3,10,22H2,1H3/t20-/m0/s1. The van der Waals surface area contributed by atoms with Crippen LogP contribution in [0.3, 0.4) is 0 Å². The number of nitriles is 1. The lowest BCUT2D eigenvalue weighted by molar-refractivity contribution is 0.244. The van der Waals surface area contributed by atoms with Gasteiger partial charge < -0.3 is 14.6 Å². The van der Waals surface area contributed by atoms with Crippen molar-refractivity contribution in [1.29, 1.82) is 5.26 Å². The molecule has 0 aliphatic carbocycles.